The topological polar surface area (TPSA) is 69.7 Å². The Morgan fingerprint density at radius 1 is 1.15 bits per heavy atom. The van der Waals surface area contributed by atoms with E-state index in [4.69, 9.17) is 0 Å². The lowest BCUT2D eigenvalue weighted by atomic mass is 10.1. The van der Waals surface area contributed by atoms with E-state index in [1.165, 1.54) is 18.5 Å². The number of aromatic amines is 1. The molecular formula is C19H22F2N6. The largest absolute Gasteiger partial charge is 0.367 e. The minimum Gasteiger partial charge on any atom is -0.367 e. The zero-order valence-electron chi connectivity index (χ0n) is 14.9. The molecule has 0 spiro atoms. The quantitative estimate of drug-likeness (QED) is 0.718. The first-order chi connectivity index (χ1) is 13.1. The van der Waals surface area contributed by atoms with E-state index < -0.39 is 5.92 Å². The first-order valence-corrected chi connectivity index (χ1v) is 9.18. The highest BCUT2D eigenvalue weighted by Gasteiger charge is 2.34. The molecule has 4 rings (SSSR count). The zero-order chi connectivity index (χ0) is 18.7. The van der Waals surface area contributed by atoms with Crippen LogP contribution in [-0.2, 0) is 5.92 Å². The normalized spacial score (nSPS) is 19.1. The number of hydrogen-bond donors (Lipinski definition) is 2. The zero-order valence-corrected chi connectivity index (χ0v) is 14.9. The molecule has 1 saturated heterocycles. The van der Waals surface area contributed by atoms with Crippen LogP contribution < -0.4 is 5.32 Å². The Kier molecular flexibility index (Phi) is 4.98. The predicted molar refractivity (Wildman–Crippen MR) is 99.7 cm³/mol. The van der Waals surface area contributed by atoms with Crippen molar-refractivity contribution in [3.63, 3.8) is 0 Å². The second kappa shape index (κ2) is 7.56. The lowest BCUT2D eigenvalue weighted by Crippen LogP contribution is -2.36. The summed E-state index contributed by atoms with van der Waals surface area (Å²) in [6.07, 6.45) is 5.75. The summed E-state index contributed by atoms with van der Waals surface area (Å²) in [5.41, 5.74) is 0.762. The molecule has 0 amide bonds. The fourth-order valence-corrected chi connectivity index (χ4v) is 3.59. The Hall–Kier alpha value is -2.61. The number of fused-ring (bicyclic) bond motifs is 1. The van der Waals surface area contributed by atoms with Crippen molar-refractivity contribution in [3.05, 3.63) is 48.4 Å². The fourth-order valence-electron chi connectivity index (χ4n) is 3.59. The van der Waals surface area contributed by atoms with Crippen LogP contribution in [-0.4, -0.2) is 50.7 Å². The van der Waals surface area contributed by atoms with Crippen LogP contribution in [0.15, 0.2) is 42.9 Å². The summed E-state index contributed by atoms with van der Waals surface area (Å²) in [5, 5.41) is 11.1. The van der Waals surface area contributed by atoms with Gasteiger partial charge in [0.1, 0.15) is 12.1 Å². The van der Waals surface area contributed by atoms with E-state index >= 15 is 0 Å². The molecule has 27 heavy (non-hydrogen) atoms. The standard InChI is InChI=1S/C19H22F2N6/c20-19(21,14-5-2-1-3-6-14)12-27-9-4-7-15(8-10-27)25-17-16-11-24-26-18(16)23-13-22-17/h1-3,5-6,11,13,15H,4,7-10,12H2,(H2,22,23,24,25,26)/t15-/m0/s1. The molecule has 0 unspecified atom stereocenters. The molecule has 1 fully saturated rings. The molecule has 0 aliphatic carbocycles. The van der Waals surface area contributed by atoms with Crippen molar-refractivity contribution in [2.24, 2.45) is 0 Å². The van der Waals surface area contributed by atoms with Crippen molar-refractivity contribution in [2.45, 2.75) is 31.2 Å². The highest BCUT2D eigenvalue weighted by Crippen LogP contribution is 2.30. The Balaban J connectivity index is 1.38. The average molecular weight is 372 g/mol. The molecule has 3 aromatic rings. The smallest absolute Gasteiger partial charge is 0.285 e. The molecule has 1 atom stereocenters. The van der Waals surface area contributed by atoms with Gasteiger partial charge < -0.3 is 5.32 Å². The van der Waals surface area contributed by atoms with Gasteiger partial charge >= 0.3 is 0 Å². The number of benzene rings is 1. The first-order valence-electron chi connectivity index (χ1n) is 9.18. The fraction of sp³-hybridized carbons (Fsp3) is 0.421. The van der Waals surface area contributed by atoms with Crippen molar-refractivity contribution >= 4 is 16.9 Å². The number of likely N-dealkylation sites (tertiary alicyclic amines) is 1. The highest BCUT2D eigenvalue weighted by molar-refractivity contribution is 5.85. The Labute approximate surface area is 156 Å². The van der Waals surface area contributed by atoms with Crippen molar-refractivity contribution in [1.29, 1.82) is 0 Å². The third-order valence-electron chi connectivity index (χ3n) is 5.03. The highest BCUT2D eigenvalue weighted by atomic mass is 19.3. The number of hydrogen-bond acceptors (Lipinski definition) is 5. The van der Waals surface area contributed by atoms with E-state index in [2.05, 4.69) is 25.5 Å². The summed E-state index contributed by atoms with van der Waals surface area (Å²) in [7, 11) is 0. The summed E-state index contributed by atoms with van der Waals surface area (Å²) in [5.74, 6) is -2.11. The van der Waals surface area contributed by atoms with Crippen molar-refractivity contribution in [1.82, 2.24) is 25.1 Å². The number of nitrogens with zero attached hydrogens (tertiary/aromatic N) is 4. The Bertz CT molecular complexity index is 882. The number of alkyl halides is 2. The molecule has 1 aliphatic heterocycles. The first kappa shape index (κ1) is 17.8. The van der Waals surface area contributed by atoms with Crippen LogP contribution in [0.4, 0.5) is 14.6 Å². The molecule has 3 heterocycles. The summed E-state index contributed by atoms with van der Waals surface area (Å²) in [6.45, 7) is 1.05. The SMILES string of the molecule is FC(F)(CN1CCC[C@H](Nc2ncnc3[nH]ncc23)CC1)c1ccccc1. The van der Waals surface area contributed by atoms with E-state index in [0.717, 1.165) is 30.5 Å². The molecule has 2 aromatic heterocycles. The number of H-pyrrole nitrogens is 1. The van der Waals surface area contributed by atoms with E-state index in [9.17, 15) is 8.78 Å². The number of rotatable bonds is 5. The average Bonchev–Trinajstić information content (AvgIpc) is 3.06. The van der Waals surface area contributed by atoms with E-state index in [-0.39, 0.29) is 18.2 Å². The number of aromatic nitrogens is 4. The van der Waals surface area contributed by atoms with Gasteiger partial charge in [0, 0.05) is 18.2 Å². The summed E-state index contributed by atoms with van der Waals surface area (Å²) < 4.78 is 29.1. The minimum atomic E-state index is -2.84. The molecule has 0 saturated carbocycles. The number of nitrogens with one attached hydrogen (secondary N) is 2. The molecule has 6 nitrogen and oxygen atoms in total. The van der Waals surface area contributed by atoms with Crippen LogP contribution in [0, 0.1) is 0 Å². The van der Waals surface area contributed by atoms with Crippen molar-refractivity contribution in [2.75, 3.05) is 25.0 Å². The maximum Gasteiger partial charge on any atom is 0.285 e. The van der Waals surface area contributed by atoms with Gasteiger partial charge in [0.25, 0.3) is 5.92 Å². The van der Waals surface area contributed by atoms with Gasteiger partial charge in [0.2, 0.25) is 0 Å². The van der Waals surface area contributed by atoms with Crippen LogP contribution in [0.25, 0.3) is 11.0 Å². The Morgan fingerprint density at radius 2 is 2.00 bits per heavy atom. The van der Waals surface area contributed by atoms with Crippen molar-refractivity contribution in [3.8, 4) is 0 Å². The van der Waals surface area contributed by atoms with Gasteiger partial charge in [-0.15, -0.1) is 0 Å². The van der Waals surface area contributed by atoms with E-state index in [1.54, 1.807) is 24.4 Å². The molecule has 8 heteroatoms. The van der Waals surface area contributed by atoms with Gasteiger partial charge in [0.05, 0.1) is 18.1 Å². The maximum atomic E-state index is 14.6. The molecule has 1 aromatic carbocycles. The van der Waals surface area contributed by atoms with Crippen LogP contribution in [0.1, 0.15) is 24.8 Å². The molecule has 1 aliphatic rings. The van der Waals surface area contributed by atoms with Gasteiger partial charge in [-0.3, -0.25) is 10.00 Å². The van der Waals surface area contributed by atoms with Crippen LogP contribution in [0.3, 0.4) is 0 Å². The molecular weight excluding hydrogens is 350 g/mol. The molecule has 142 valence electrons. The lowest BCUT2D eigenvalue weighted by molar-refractivity contribution is -0.0372. The lowest BCUT2D eigenvalue weighted by Gasteiger charge is -2.26. The molecule has 0 radical (unpaired) electrons. The molecule has 0 bridgehead atoms. The minimum absolute atomic E-state index is 0.0762. The third-order valence-corrected chi connectivity index (χ3v) is 5.03. The van der Waals surface area contributed by atoms with Crippen LogP contribution >= 0.6 is 0 Å². The Morgan fingerprint density at radius 3 is 2.85 bits per heavy atom. The van der Waals surface area contributed by atoms with Gasteiger partial charge in [0.15, 0.2) is 5.65 Å². The monoisotopic (exact) mass is 372 g/mol. The van der Waals surface area contributed by atoms with Crippen molar-refractivity contribution < 1.29 is 8.78 Å². The van der Waals surface area contributed by atoms with Gasteiger partial charge in [-0.1, -0.05) is 30.3 Å². The molecule has 2 N–H and O–H groups in total. The van der Waals surface area contributed by atoms with E-state index in [1.807, 2.05) is 4.90 Å². The predicted octanol–water partition coefficient (Wildman–Crippen LogP) is 3.41. The summed E-state index contributed by atoms with van der Waals surface area (Å²) >= 11 is 0. The second-order valence-corrected chi connectivity index (χ2v) is 6.97. The van der Waals surface area contributed by atoms with Gasteiger partial charge in [-0.05, 0) is 25.8 Å². The second-order valence-electron chi connectivity index (χ2n) is 6.97. The van der Waals surface area contributed by atoms with E-state index in [0.29, 0.717) is 18.7 Å². The van der Waals surface area contributed by atoms with Crippen LogP contribution in [0.2, 0.25) is 0 Å². The number of anilines is 1. The van der Waals surface area contributed by atoms with Gasteiger partial charge in [-0.2, -0.15) is 13.9 Å². The van der Waals surface area contributed by atoms with Gasteiger partial charge in [-0.25, -0.2) is 9.97 Å². The van der Waals surface area contributed by atoms with Crippen LogP contribution in [0.5, 0.6) is 0 Å². The number of halogens is 2. The third kappa shape index (κ3) is 4.05. The maximum absolute atomic E-state index is 14.6. The summed E-state index contributed by atoms with van der Waals surface area (Å²) in [6, 6.07) is 8.24. The summed E-state index contributed by atoms with van der Waals surface area (Å²) in [4.78, 5) is 10.3.